The fourth-order valence-electron chi connectivity index (χ4n) is 3.75. The number of carbonyl (C=O) groups excluding carboxylic acids is 1. The largest absolute Gasteiger partial charge is 0.351 e. The minimum Gasteiger partial charge on any atom is -0.351 e. The lowest BCUT2D eigenvalue weighted by Gasteiger charge is -2.32. The molecule has 1 aliphatic heterocycles. The first kappa shape index (κ1) is 19.6. The number of rotatable bonds is 5. The third-order valence-electron chi connectivity index (χ3n) is 5.36. The summed E-state index contributed by atoms with van der Waals surface area (Å²) in [6.45, 7) is 6.76. The fourth-order valence-corrected chi connectivity index (χ4v) is 3.90. The predicted molar refractivity (Wildman–Crippen MR) is 109 cm³/mol. The number of likely N-dealkylation sites (tertiary alicyclic amines) is 1. The highest BCUT2D eigenvalue weighted by atomic mass is 35.5. The Morgan fingerprint density at radius 1 is 1.22 bits per heavy atom. The van der Waals surface area contributed by atoms with Crippen LogP contribution in [0.25, 0.3) is 0 Å². The van der Waals surface area contributed by atoms with E-state index in [2.05, 4.69) is 45.5 Å². The lowest BCUT2D eigenvalue weighted by Crippen LogP contribution is -2.40. The van der Waals surface area contributed by atoms with Crippen LogP contribution in [-0.2, 0) is 0 Å². The molecule has 1 saturated heterocycles. The molecule has 1 aliphatic rings. The van der Waals surface area contributed by atoms with Crippen LogP contribution < -0.4 is 10.9 Å². The minimum absolute atomic E-state index is 0.105. The van der Waals surface area contributed by atoms with Crippen molar-refractivity contribution in [2.24, 2.45) is 0 Å². The maximum absolute atomic E-state index is 12.4. The highest BCUT2D eigenvalue weighted by Gasteiger charge is 2.21. The molecule has 1 fully saturated rings. The average Bonchev–Trinajstić information content (AvgIpc) is 2.67. The lowest BCUT2D eigenvalue weighted by atomic mass is 9.89. The molecule has 2 N–H and O–H groups in total. The number of carbonyl (C=O) groups is 1. The topological polar surface area (TPSA) is 65.2 Å². The Kier molecular flexibility index (Phi) is 6.34. The summed E-state index contributed by atoms with van der Waals surface area (Å²) in [7, 11) is 0. The summed E-state index contributed by atoms with van der Waals surface area (Å²) in [6.07, 6.45) is 2.26. The second-order valence-electron chi connectivity index (χ2n) is 7.18. The molecule has 6 heteroatoms. The van der Waals surface area contributed by atoms with Gasteiger partial charge in [-0.2, -0.15) is 0 Å². The van der Waals surface area contributed by atoms with Gasteiger partial charge in [-0.25, -0.2) is 0 Å². The van der Waals surface area contributed by atoms with Gasteiger partial charge in [0.05, 0.1) is 5.02 Å². The Morgan fingerprint density at radius 2 is 1.89 bits per heavy atom. The molecule has 3 rings (SSSR count). The number of piperidine rings is 1. The van der Waals surface area contributed by atoms with Crippen molar-refractivity contribution in [1.29, 1.82) is 0 Å². The van der Waals surface area contributed by atoms with Gasteiger partial charge >= 0.3 is 0 Å². The number of aromatic nitrogens is 1. The van der Waals surface area contributed by atoms with E-state index in [1.54, 1.807) is 13.8 Å². The van der Waals surface area contributed by atoms with Crippen molar-refractivity contribution < 1.29 is 4.79 Å². The number of hydrogen-bond donors (Lipinski definition) is 2. The molecule has 0 radical (unpaired) electrons. The van der Waals surface area contributed by atoms with Gasteiger partial charge in [0.1, 0.15) is 5.56 Å². The van der Waals surface area contributed by atoms with Gasteiger partial charge in [0.2, 0.25) is 0 Å². The first-order valence-electron chi connectivity index (χ1n) is 9.42. The fraction of sp³-hybridized carbons (Fsp3) is 0.429. The van der Waals surface area contributed by atoms with Crippen LogP contribution in [0.3, 0.4) is 0 Å². The maximum atomic E-state index is 12.4. The van der Waals surface area contributed by atoms with Crippen molar-refractivity contribution in [2.75, 3.05) is 26.2 Å². The van der Waals surface area contributed by atoms with E-state index in [1.165, 1.54) is 5.56 Å². The van der Waals surface area contributed by atoms with Gasteiger partial charge in [-0.1, -0.05) is 41.9 Å². The van der Waals surface area contributed by atoms with E-state index in [4.69, 9.17) is 11.6 Å². The predicted octanol–water partition coefficient (Wildman–Crippen LogP) is 3.25. The van der Waals surface area contributed by atoms with Crippen LogP contribution in [0.2, 0.25) is 5.02 Å². The molecular formula is C21H26ClN3O2. The van der Waals surface area contributed by atoms with Crippen molar-refractivity contribution in [3.8, 4) is 0 Å². The van der Waals surface area contributed by atoms with Crippen LogP contribution in [0.4, 0.5) is 0 Å². The first-order chi connectivity index (χ1) is 13.0. The number of aromatic amines is 1. The molecular weight excluding hydrogens is 362 g/mol. The van der Waals surface area contributed by atoms with Gasteiger partial charge in [-0.05, 0) is 56.8 Å². The van der Waals surface area contributed by atoms with Crippen LogP contribution in [0.5, 0.6) is 0 Å². The summed E-state index contributed by atoms with van der Waals surface area (Å²) in [6, 6.07) is 10.6. The summed E-state index contributed by atoms with van der Waals surface area (Å²) in [5, 5.41) is 3.29. The third kappa shape index (κ3) is 4.60. The monoisotopic (exact) mass is 387 g/mol. The standard InChI is InChI=1S/C21H26ClN3O2/c1-14-18(21(27)24-15(2)19(14)22)20(26)23-10-13-25-11-8-17(9-12-25)16-6-4-3-5-7-16/h3-7,17H,8-13H2,1-2H3,(H,23,26)(H,24,27). The molecule has 0 aliphatic carbocycles. The van der Waals surface area contributed by atoms with Crippen LogP contribution in [0.1, 0.15) is 45.9 Å². The summed E-state index contributed by atoms with van der Waals surface area (Å²) in [5.41, 5.74) is 2.23. The Morgan fingerprint density at radius 3 is 2.56 bits per heavy atom. The summed E-state index contributed by atoms with van der Waals surface area (Å²) < 4.78 is 0. The first-order valence-corrected chi connectivity index (χ1v) is 9.79. The highest BCUT2D eigenvalue weighted by Crippen LogP contribution is 2.27. The quantitative estimate of drug-likeness (QED) is 0.827. The summed E-state index contributed by atoms with van der Waals surface area (Å²) in [5.74, 6) is 0.253. The van der Waals surface area contributed by atoms with Gasteiger partial charge in [0, 0.05) is 18.8 Å². The zero-order chi connectivity index (χ0) is 19.4. The normalized spacial score (nSPS) is 15.7. The minimum atomic E-state index is -0.393. The number of pyridine rings is 1. The van der Waals surface area contributed by atoms with Crippen molar-refractivity contribution in [1.82, 2.24) is 15.2 Å². The Hall–Kier alpha value is -2.11. The number of hydrogen-bond acceptors (Lipinski definition) is 3. The number of aryl methyl sites for hydroxylation is 1. The summed E-state index contributed by atoms with van der Waals surface area (Å²) in [4.78, 5) is 29.5. The van der Waals surface area contributed by atoms with Gasteiger partial charge in [-0.3, -0.25) is 9.59 Å². The van der Waals surface area contributed by atoms with E-state index in [0.717, 1.165) is 32.5 Å². The van der Waals surface area contributed by atoms with Gasteiger partial charge in [0.15, 0.2) is 0 Å². The van der Waals surface area contributed by atoms with E-state index in [-0.39, 0.29) is 11.5 Å². The second-order valence-corrected chi connectivity index (χ2v) is 7.55. The highest BCUT2D eigenvalue weighted by molar-refractivity contribution is 6.32. The van der Waals surface area contributed by atoms with Crippen LogP contribution in [-0.4, -0.2) is 42.0 Å². The van der Waals surface area contributed by atoms with E-state index < -0.39 is 5.56 Å². The molecule has 1 aromatic heterocycles. The number of benzene rings is 1. The Labute approximate surface area is 164 Å². The van der Waals surface area contributed by atoms with E-state index >= 15 is 0 Å². The molecule has 27 heavy (non-hydrogen) atoms. The maximum Gasteiger partial charge on any atom is 0.261 e. The molecule has 5 nitrogen and oxygen atoms in total. The number of nitrogens with zero attached hydrogens (tertiary/aromatic N) is 1. The van der Waals surface area contributed by atoms with Crippen molar-refractivity contribution in [3.05, 3.63) is 68.1 Å². The third-order valence-corrected chi connectivity index (χ3v) is 5.93. The molecule has 0 saturated carbocycles. The van der Waals surface area contributed by atoms with Crippen LogP contribution >= 0.6 is 11.6 Å². The van der Waals surface area contributed by atoms with Gasteiger partial charge in [0.25, 0.3) is 11.5 Å². The number of nitrogens with one attached hydrogen (secondary N) is 2. The molecule has 1 amide bonds. The SMILES string of the molecule is Cc1[nH]c(=O)c(C(=O)NCCN2CCC(c3ccccc3)CC2)c(C)c1Cl. The zero-order valence-electron chi connectivity index (χ0n) is 15.8. The Bertz CT molecular complexity index is 856. The zero-order valence-corrected chi connectivity index (χ0v) is 16.6. The summed E-state index contributed by atoms with van der Waals surface area (Å²) >= 11 is 6.16. The molecule has 144 valence electrons. The smallest absolute Gasteiger partial charge is 0.261 e. The van der Waals surface area contributed by atoms with Crippen LogP contribution in [0, 0.1) is 13.8 Å². The number of amides is 1. The Balaban J connectivity index is 1.49. The van der Waals surface area contributed by atoms with E-state index in [9.17, 15) is 9.59 Å². The molecule has 1 aromatic carbocycles. The van der Waals surface area contributed by atoms with Crippen molar-refractivity contribution >= 4 is 17.5 Å². The van der Waals surface area contributed by atoms with Crippen molar-refractivity contribution in [3.63, 3.8) is 0 Å². The molecule has 0 bridgehead atoms. The second kappa shape index (κ2) is 8.72. The lowest BCUT2D eigenvalue weighted by molar-refractivity contribution is 0.0943. The molecule has 0 atom stereocenters. The number of halogens is 1. The van der Waals surface area contributed by atoms with E-state index in [0.29, 0.717) is 28.7 Å². The van der Waals surface area contributed by atoms with Crippen LogP contribution in [0.15, 0.2) is 35.1 Å². The molecule has 2 aromatic rings. The van der Waals surface area contributed by atoms with Gasteiger partial charge in [-0.15, -0.1) is 0 Å². The van der Waals surface area contributed by atoms with Crippen molar-refractivity contribution in [2.45, 2.75) is 32.6 Å². The number of H-pyrrole nitrogens is 1. The molecule has 2 heterocycles. The van der Waals surface area contributed by atoms with Gasteiger partial charge < -0.3 is 15.2 Å². The molecule has 0 spiro atoms. The van der Waals surface area contributed by atoms with E-state index in [1.807, 2.05) is 0 Å². The average molecular weight is 388 g/mol. The molecule has 0 unspecified atom stereocenters.